The summed E-state index contributed by atoms with van der Waals surface area (Å²) in [4.78, 5) is 12.4. The molecule has 3 N–H and O–H groups in total. The third-order valence-electron chi connectivity index (χ3n) is 4.42. The van der Waals surface area contributed by atoms with Crippen molar-refractivity contribution in [2.24, 2.45) is 5.92 Å². The van der Waals surface area contributed by atoms with Crippen LogP contribution in [0, 0.1) is 12.8 Å². The first-order valence-corrected chi connectivity index (χ1v) is 7.75. The van der Waals surface area contributed by atoms with E-state index in [2.05, 4.69) is 12.2 Å². The van der Waals surface area contributed by atoms with Crippen LogP contribution in [0.5, 0.6) is 0 Å². The van der Waals surface area contributed by atoms with Gasteiger partial charge in [-0.2, -0.15) is 0 Å². The first-order valence-electron chi connectivity index (χ1n) is 7.75. The zero-order valence-electron chi connectivity index (χ0n) is 12.6. The van der Waals surface area contributed by atoms with E-state index >= 15 is 0 Å². The van der Waals surface area contributed by atoms with Crippen molar-refractivity contribution in [1.29, 1.82) is 0 Å². The summed E-state index contributed by atoms with van der Waals surface area (Å²) in [5.41, 5.74) is 8.13. The lowest BCUT2D eigenvalue weighted by Gasteiger charge is -2.24. The van der Waals surface area contributed by atoms with E-state index in [-0.39, 0.29) is 11.9 Å². The van der Waals surface area contributed by atoms with E-state index in [9.17, 15) is 4.79 Å². The lowest BCUT2D eigenvalue weighted by atomic mass is 9.92. The Labute approximate surface area is 121 Å². The minimum Gasteiger partial charge on any atom is -0.398 e. The Balaban J connectivity index is 2.01. The van der Waals surface area contributed by atoms with Gasteiger partial charge in [0.15, 0.2) is 0 Å². The van der Waals surface area contributed by atoms with Crippen LogP contribution < -0.4 is 11.1 Å². The number of nitrogen functional groups attached to an aromatic ring is 1. The molecule has 110 valence electrons. The molecule has 1 aromatic rings. The molecule has 0 spiro atoms. The van der Waals surface area contributed by atoms with E-state index in [1.165, 1.54) is 38.5 Å². The van der Waals surface area contributed by atoms with Crippen molar-refractivity contribution in [3.8, 4) is 0 Å². The van der Waals surface area contributed by atoms with Gasteiger partial charge in [0.2, 0.25) is 0 Å². The van der Waals surface area contributed by atoms with Gasteiger partial charge in [0.25, 0.3) is 5.91 Å². The molecule has 1 saturated carbocycles. The molecule has 1 aliphatic rings. The number of carbonyl (C=O) groups excluding carboxylic acids is 1. The summed E-state index contributed by atoms with van der Waals surface area (Å²) in [5, 5.41) is 3.14. The Morgan fingerprint density at radius 1 is 1.25 bits per heavy atom. The maximum atomic E-state index is 12.4. The van der Waals surface area contributed by atoms with Crippen LogP contribution in [0.3, 0.4) is 0 Å². The molecule has 1 amide bonds. The van der Waals surface area contributed by atoms with Crippen molar-refractivity contribution in [2.75, 3.05) is 5.73 Å². The molecule has 0 aliphatic heterocycles. The molecular weight excluding hydrogens is 248 g/mol. The lowest BCUT2D eigenvalue weighted by molar-refractivity contribution is 0.0924. The van der Waals surface area contributed by atoms with Crippen molar-refractivity contribution < 1.29 is 4.79 Å². The highest BCUT2D eigenvalue weighted by Gasteiger charge is 2.21. The third kappa shape index (κ3) is 3.75. The molecule has 3 heteroatoms. The molecular formula is C17H26N2O. The molecule has 2 rings (SSSR count). The second-order valence-electron chi connectivity index (χ2n) is 6.10. The standard InChI is InChI=1S/C17H26N2O/c1-12-9-10-16(18)15(11-12)17(20)19-13(2)14-7-5-3-4-6-8-14/h9-11,13-14H,3-8,18H2,1-2H3,(H,19,20)/t13-/m0/s1. The third-order valence-corrected chi connectivity index (χ3v) is 4.42. The minimum atomic E-state index is -0.0389. The van der Waals surface area contributed by atoms with Gasteiger partial charge in [-0.25, -0.2) is 0 Å². The summed E-state index contributed by atoms with van der Waals surface area (Å²) in [6.07, 6.45) is 7.70. The smallest absolute Gasteiger partial charge is 0.253 e. The van der Waals surface area contributed by atoms with E-state index < -0.39 is 0 Å². The molecule has 1 atom stereocenters. The summed E-state index contributed by atoms with van der Waals surface area (Å²) in [6, 6.07) is 5.83. The van der Waals surface area contributed by atoms with E-state index in [0.717, 1.165) is 5.56 Å². The van der Waals surface area contributed by atoms with Crippen LogP contribution >= 0.6 is 0 Å². The summed E-state index contributed by atoms with van der Waals surface area (Å²) >= 11 is 0. The topological polar surface area (TPSA) is 55.1 Å². The highest BCUT2D eigenvalue weighted by molar-refractivity contribution is 5.99. The Morgan fingerprint density at radius 3 is 2.55 bits per heavy atom. The van der Waals surface area contributed by atoms with Gasteiger partial charge in [-0.3, -0.25) is 4.79 Å². The fourth-order valence-electron chi connectivity index (χ4n) is 3.08. The van der Waals surface area contributed by atoms with Gasteiger partial charge in [0, 0.05) is 11.7 Å². The van der Waals surface area contributed by atoms with Gasteiger partial charge in [0.1, 0.15) is 0 Å². The predicted molar refractivity (Wildman–Crippen MR) is 83.7 cm³/mol. The summed E-state index contributed by atoms with van der Waals surface area (Å²) in [7, 11) is 0. The molecule has 20 heavy (non-hydrogen) atoms. The predicted octanol–water partition coefficient (Wildman–Crippen LogP) is 3.67. The van der Waals surface area contributed by atoms with Crippen molar-refractivity contribution in [1.82, 2.24) is 5.32 Å². The molecule has 1 aliphatic carbocycles. The number of anilines is 1. The van der Waals surface area contributed by atoms with Crippen molar-refractivity contribution >= 4 is 11.6 Å². The molecule has 0 aromatic heterocycles. The highest BCUT2D eigenvalue weighted by Crippen LogP contribution is 2.25. The summed E-state index contributed by atoms with van der Waals surface area (Å²) in [6.45, 7) is 4.10. The largest absolute Gasteiger partial charge is 0.398 e. The number of carbonyl (C=O) groups is 1. The molecule has 1 fully saturated rings. The molecule has 0 saturated heterocycles. The fraction of sp³-hybridized carbons (Fsp3) is 0.588. The average Bonchev–Trinajstić information content (AvgIpc) is 2.70. The van der Waals surface area contributed by atoms with E-state index in [1.54, 1.807) is 6.07 Å². The van der Waals surface area contributed by atoms with Crippen molar-refractivity contribution in [3.05, 3.63) is 29.3 Å². The van der Waals surface area contributed by atoms with Crippen LogP contribution in [0.1, 0.15) is 61.4 Å². The molecule has 0 unspecified atom stereocenters. The quantitative estimate of drug-likeness (QED) is 0.652. The Hall–Kier alpha value is -1.51. The van der Waals surface area contributed by atoms with E-state index in [1.807, 2.05) is 19.1 Å². The first-order chi connectivity index (χ1) is 9.58. The van der Waals surface area contributed by atoms with Gasteiger partial charge in [-0.1, -0.05) is 37.3 Å². The van der Waals surface area contributed by atoms with Gasteiger partial charge in [0.05, 0.1) is 5.56 Å². The Morgan fingerprint density at radius 2 is 1.90 bits per heavy atom. The molecule has 1 aromatic carbocycles. The van der Waals surface area contributed by atoms with Crippen LogP contribution in [-0.2, 0) is 0 Å². The van der Waals surface area contributed by atoms with Gasteiger partial charge in [-0.05, 0) is 44.7 Å². The molecule has 0 radical (unpaired) electrons. The minimum absolute atomic E-state index is 0.0389. The number of amides is 1. The average molecular weight is 274 g/mol. The summed E-state index contributed by atoms with van der Waals surface area (Å²) in [5.74, 6) is 0.565. The molecule has 3 nitrogen and oxygen atoms in total. The van der Waals surface area contributed by atoms with E-state index in [4.69, 9.17) is 5.73 Å². The number of benzene rings is 1. The number of nitrogens with one attached hydrogen (secondary N) is 1. The zero-order valence-corrected chi connectivity index (χ0v) is 12.6. The second-order valence-corrected chi connectivity index (χ2v) is 6.10. The monoisotopic (exact) mass is 274 g/mol. The van der Waals surface area contributed by atoms with Crippen LogP contribution in [-0.4, -0.2) is 11.9 Å². The molecule has 0 heterocycles. The maximum absolute atomic E-state index is 12.4. The maximum Gasteiger partial charge on any atom is 0.253 e. The number of hydrogen-bond donors (Lipinski definition) is 2. The van der Waals surface area contributed by atoms with Gasteiger partial charge < -0.3 is 11.1 Å². The van der Waals surface area contributed by atoms with Gasteiger partial charge in [-0.15, -0.1) is 0 Å². The Bertz CT molecular complexity index is 462. The SMILES string of the molecule is Cc1ccc(N)c(C(=O)N[C@@H](C)C2CCCCCC2)c1. The number of rotatable bonds is 3. The fourth-order valence-corrected chi connectivity index (χ4v) is 3.08. The van der Waals surface area contributed by atoms with Crippen molar-refractivity contribution in [3.63, 3.8) is 0 Å². The van der Waals surface area contributed by atoms with E-state index in [0.29, 0.717) is 17.2 Å². The van der Waals surface area contributed by atoms with Crippen molar-refractivity contribution in [2.45, 2.75) is 58.4 Å². The Kier molecular flexibility index (Phi) is 5.05. The van der Waals surface area contributed by atoms with Crippen LogP contribution in [0.4, 0.5) is 5.69 Å². The van der Waals surface area contributed by atoms with Crippen LogP contribution in [0.15, 0.2) is 18.2 Å². The highest BCUT2D eigenvalue weighted by atomic mass is 16.1. The lowest BCUT2D eigenvalue weighted by Crippen LogP contribution is -2.38. The number of aryl methyl sites for hydroxylation is 1. The van der Waals surface area contributed by atoms with Crippen LogP contribution in [0.2, 0.25) is 0 Å². The first kappa shape index (κ1) is 14.9. The number of nitrogens with two attached hydrogens (primary N) is 1. The summed E-state index contributed by atoms with van der Waals surface area (Å²) < 4.78 is 0. The van der Waals surface area contributed by atoms with Crippen LogP contribution in [0.25, 0.3) is 0 Å². The normalized spacial score (nSPS) is 18.3. The molecule has 0 bridgehead atoms. The van der Waals surface area contributed by atoms with Gasteiger partial charge >= 0.3 is 0 Å². The zero-order chi connectivity index (χ0) is 14.5. The number of hydrogen-bond acceptors (Lipinski definition) is 2. The second kappa shape index (κ2) is 6.78.